The van der Waals surface area contributed by atoms with Crippen molar-refractivity contribution in [1.82, 2.24) is 0 Å². The average molecular weight is 198 g/mol. The molecule has 0 fully saturated rings. The van der Waals surface area contributed by atoms with Gasteiger partial charge in [0.15, 0.2) is 0 Å². The van der Waals surface area contributed by atoms with Crippen molar-refractivity contribution >= 4 is 5.97 Å². The Balaban J connectivity index is 4.26. The van der Waals surface area contributed by atoms with Crippen molar-refractivity contribution < 1.29 is 27.4 Å². The summed E-state index contributed by atoms with van der Waals surface area (Å²) in [5.41, 5.74) is 0. The van der Waals surface area contributed by atoms with Crippen LogP contribution in [0.15, 0.2) is 12.7 Å². The van der Waals surface area contributed by atoms with Crippen molar-refractivity contribution in [1.29, 1.82) is 0 Å². The number of carbonyl (C=O) groups is 1. The van der Waals surface area contributed by atoms with Crippen molar-refractivity contribution in [3.63, 3.8) is 0 Å². The highest BCUT2D eigenvalue weighted by molar-refractivity contribution is 5.81. The van der Waals surface area contributed by atoms with Gasteiger partial charge in [0, 0.05) is 12.7 Å². The molecule has 0 amide bonds. The normalized spacial score (nSPS) is 13.5. The van der Waals surface area contributed by atoms with Crippen LogP contribution in [0.2, 0.25) is 0 Å². The highest BCUT2D eigenvalue weighted by Gasteiger charge is 2.43. The van der Waals surface area contributed by atoms with Crippen LogP contribution in [0.5, 0.6) is 0 Å². The summed E-state index contributed by atoms with van der Waals surface area (Å²) < 4.78 is 44.0. The van der Waals surface area contributed by atoms with Crippen LogP contribution in [0.1, 0.15) is 6.92 Å². The highest BCUT2D eigenvalue weighted by atomic mass is 19.4. The fourth-order valence-electron chi connectivity index (χ4n) is 0.500. The Hall–Kier alpha value is -1.04. The summed E-state index contributed by atoms with van der Waals surface area (Å²) in [5.74, 6) is -1.17. The Bertz CT molecular complexity index is 188. The van der Waals surface area contributed by atoms with Crippen LogP contribution >= 0.6 is 0 Å². The van der Waals surface area contributed by atoms with E-state index in [9.17, 15) is 18.0 Å². The van der Waals surface area contributed by atoms with Crippen molar-refractivity contribution in [2.75, 3.05) is 6.61 Å². The molecule has 0 bridgehead atoms. The molecular weight excluding hydrogens is 189 g/mol. The van der Waals surface area contributed by atoms with Gasteiger partial charge in [-0.1, -0.05) is 6.58 Å². The largest absolute Gasteiger partial charge is 0.452 e. The number of carbonyl (C=O) groups excluding carboxylic acids is 1. The zero-order valence-electron chi connectivity index (χ0n) is 6.93. The summed E-state index contributed by atoms with van der Waals surface area (Å²) in [6.07, 6.45) is -6.59. The maximum absolute atomic E-state index is 12.0. The van der Waals surface area contributed by atoms with Gasteiger partial charge in [0.05, 0.1) is 0 Å². The van der Waals surface area contributed by atoms with Gasteiger partial charge in [-0.05, 0) is 6.92 Å². The molecule has 0 aromatic carbocycles. The van der Waals surface area contributed by atoms with Crippen molar-refractivity contribution in [2.24, 2.45) is 0 Å². The molecule has 13 heavy (non-hydrogen) atoms. The fourth-order valence-corrected chi connectivity index (χ4v) is 0.500. The van der Waals surface area contributed by atoms with Crippen LogP contribution in [0, 0.1) is 0 Å². The maximum atomic E-state index is 12.0. The molecule has 76 valence electrons. The van der Waals surface area contributed by atoms with Gasteiger partial charge in [0.2, 0.25) is 0 Å². The second-order valence-electron chi connectivity index (χ2n) is 1.97. The maximum Gasteiger partial charge on any atom is 0.452 e. The van der Waals surface area contributed by atoms with E-state index in [4.69, 9.17) is 0 Å². The van der Waals surface area contributed by atoms with Gasteiger partial charge in [0.25, 0.3) is 6.29 Å². The first-order chi connectivity index (χ1) is 5.91. The van der Waals surface area contributed by atoms with Crippen LogP contribution in [0.25, 0.3) is 0 Å². The molecule has 0 heterocycles. The van der Waals surface area contributed by atoms with E-state index in [1.165, 1.54) is 6.92 Å². The monoisotopic (exact) mass is 198 g/mol. The first-order valence-corrected chi connectivity index (χ1v) is 3.43. The Morgan fingerprint density at radius 2 is 2.15 bits per heavy atom. The molecule has 0 N–H and O–H groups in total. The quantitative estimate of drug-likeness (QED) is 0.391. The lowest BCUT2D eigenvalue weighted by molar-refractivity contribution is -0.297. The molecule has 0 aliphatic carbocycles. The number of rotatable bonds is 4. The Morgan fingerprint density at radius 1 is 1.62 bits per heavy atom. The third kappa shape index (κ3) is 4.51. The van der Waals surface area contributed by atoms with Crippen LogP contribution in [0.4, 0.5) is 13.2 Å². The van der Waals surface area contributed by atoms with Crippen LogP contribution in [-0.4, -0.2) is 25.0 Å². The SMILES string of the molecule is C=CC(=O)OC(OCC)C(F)(F)F. The van der Waals surface area contributed by atoms with E-state index < -0.39 is 18.4 Å². The topological polar surface area (TPSA) is 35.5 Å². The lowest BCUT2D eigenvalue weighted by Crippen LogP contribution is -2.35. The Labute approximate surface area is 73.1 Å². The van der Waals surface area contributed by atoms with Gasteiger partial charge >= 0.3 is 12.1 Å². The molecule has 0 aromatic heterocycles. The van der Waals surface area contributed by atoms with Crippen LogP contribution in [-0.2, 0) is 14.3 Å². The first kappa shape index (κ1) is 12.0. The van der Waals surface area contributed by atoms with E-state index in [0.29, 0.717) is 6.08 Å². The third-order valence-electron chi connectivity index (χ3n) is 0.975. The predicted molar refractivity (Wildman–Crippen MR) is 37.8 cm³/mol. The first-order valence-electron chi connectivity index (χ1n) is 3.43. The van der Waals surface area contributed by atoms with Crippen molar-refractivity contribution in [3.8, 4) is 0 Å². The summed E-state index contributed by atoms with van der Waals surface area (Å²) in [5, 5.41) is 0. The molecule has 3 nitrogen and oxygen atoms in total. The lowest BCUT2D eigenvalue weighted by Gasteiger charge is -2.18. The summed E-state index contributed by atoms with van der Waals surface area (Å²) >= 11 is 0. The summed E-state index contributed by atoms with van der Waals surface area (Å²) in [7, 11) is 0. The molecular formula is C7H9F3O3. The van der Waals surface area contributed by atoms with E-state index in [1.807, 2.05) is 0 Å². The average Bonchev–Trinajstić information content (AvgIpc) is 2.01. The van der Waals surface area contributed by atoms with E-state index >= 15 is 0 Å². The van der Waals surface area contributed by atoms with Crippen molar-refractivity contribution in [3.05, 3.63) is 12.7 Å². The molecule has 0 aliphatic rings. The summed E-state index contributed by atoms with van der Waals surface area (Å²) in [6.45, 7) is 4.12. The number of esters is 1. The fraction of sp³-hybridized carbons (Fsp3) is 0.571. The Kier molecular flexibility index (Phi) is 4.47. The van der Waals surface area contributed by atoms with Gasteiger partial charge in [-0.2, -0.15) is 13.2 Å². The summed E-state index contributed by atoms with van der Waals surface area (Å²) in [6, 6.07) is 0. The minimum Gasteiger partial charge on any atom is -0.422 e. The van der Waals surface area contributed by atoms with Gasteiger partial charge in [-0.25, -0.2) is 4.79 Å². The third-order valence-corrected chi connectivity index (χ3v) is 0.975. The van der Waals surface area contributed by atoms with Gasteiger partial charge in [-0.15, -0.1) is 0 Å². The summed E-state index contributed by atoms with van der Waals surface area (Å²) in [4.78, 5) is 10.4. The highest BCUT2D eigenvalue weighted by Crippen LogP contribution is 2.23. The zero-order chi connectivity index (χ0) is 10.5. The minimum absolute atomic E-state index is 0.200. The standard InChI is InChI=1S/C7H9F3O3/c1-3-5(11)13-6(12-4-2)7(8,9)10/h3,6H,1,4H2,2H3. The van der Waals surface area contributed by atoms with Gasteiger partial charge < -0.3 is 9.47 Å². The number of hydrogen-bond acceptors (Lipinski definition) is 3. The molecule has 0 saturated carbocycles. The molecule has 0 saturated heterocycles. The molecule has 6 heteroatoms. The smallest absolute Gasteiger partial charge is 0.422 e. The minimum atomic E-state index is -4.71. The molecule has 0 spiro atoms. The number of alkyl halides is 3. The van der Waals surface area contributed by atoms with E-state index in [1.54, 1.807) is 0 Å². The second-order valence-corrected chi connectivity index (χ2v) is 1.97. The lowest BCUT2D eigenvalue weighted by atomic mass is 10.6. The molecule has 1 unspecified atom stereocenters. The van der Waals surface area contributed by atoms with Crippen LogP contribution < -0.4 is 0 Å². The predicted octanol–water partition coefficient (Wildman–Crippen LogP) is 1.64. The van der Waals surface area contributed by atoms with E-state index in [0.717, 1.165) is 0 Å². The second kappa shape index (κ2) is 4.86. The molecule has 1 atom stereocenters. The molecule has 0 aromatic rings. The number of halogens is 3. The number of ether oxygens (including phenoxy) is 2. The van der Waals surface area contributed by atoms with Crippen LogP contribution in [0.3, 0.4) is 0 Å². The van der Waals surface area contributed by atoms with Crippen molar-refractivity contribution in [2.45, 2.75) is 19.4 Å². The van der Waals surface area contributed by atoms with E-state index in [2.05, 4.69) is 16.1 Å². The van der Waals surface area contributed by atoms with Gasteiger partial charge in [0.1, 0.15) is 0 Å². The molecule has 0 aliphatic heterocycles. The van der Waals surface area contributed by atoms with Gasteiger partial charge in [-0.3, -0.25) is 0 Å². The Morgan fingerprint density at radius 3 is 2.46 bits per heavy atom. The molecule has 0 rings (SSSR count). The molecule has 0 radical (unpaired) electrons. The van der Waals surface area contributed by atoms with E-state index in [-0.39, 0.29) is 6.61 Å². The zero-order valence-corrected chi connectivity index (χ0v) is 6.93. The number of hydrogen-bond donors (Lipinski definition) is 0.